The summed E-state index contributed by atoms with van der Waals surface area (Å²) in [6.45, 7) is 0. The number of anilines is 3. The number of halogens is 3. The highest BCUT2D eigenvalue weighted by Gasteiger charge is 2.32. The molecule has 5 nitrogen and oxygen atoms in total. The van der Waals surface area contributed by atoms with Crippen molar-refractivity contribution in [3.8, 4) is 11.3 Å². The van der Waals surface area contributed by atoms with Gasteiger partial charge in [0, 0.05) is 36.1 Å². The number of aliphatic hydroxyl groups is 1. The van der Waals surface area contributed by atoms with Crippen molar-refractivity contribution in [3.63, 3.8) is 0 Å². The van der Waals surface area contributed by atoms with Crippen LogP contribution in [0.25, 0.3) is 11.3 Å². The maximum atomic E-state index is 13.5. The van der Waals surface area contributed by atoms with Crippen molar-refractivity contribution in [2.24, 2.45) is 0 Å². The van der Waals surface area contributed by atoms with Crippen LogP contribution in [0.1, 0.15) is 54.9 Å². The molecule has 0 amide bonds. The number of fused-ring (bicyclic) bond motifs is 1. The Morgan fingerprint density at radius 3 is 2.59 bits per heavy atom. The van der Waals surface area contributed by atoms with Crippen LogP contribution in [-0.2, 0) is 12.6 Å². The Hall–Kier alpha value is -3.13. The van der Waals surface area contributed by atoms with Crippen LogP contribution < -0.4 is 10.2 Å². The lowest BCUT2D eigenvalue weighted by Crippen LogP contribution is -2.29. The fraction of sp³-hybridized carbons (Fsp3) is 0.385. The Morgan fingerprint density at radius 2 is 1.82 bits per heavy atom. The topological polar surface area (TPSA) is 61.3 Å². The minimum Gasteiger partial charge on any atom is -0.388 e. The predicted molar refractivity (Wildman–Crippen MR) is 126 cm³/mol. The predicted octanol–water partition coefficient (Wildman–Crippen LogP) is 6.26. The van der Waals surface area contributed by atoms with E-state index in [0.29, 0.717) is 29.2 Å². The first-order valence-electron chi connectivity index (χ1n) is 11.6. The highest BCUT2D eigenvalue weighted by Crippen LogP contribution is 2.40. The van der Waals surface area contributed by atoms with Crippen LogP contribution in [0.5, 0.6) is 0 Å². The average Bonchev–Trinajstić information content (AvgIpc) is 3.49. The van der Waals surface area contributed by atoms with Gasteiger partial charge in [0.2, 0.25) is 0 Å². The second-order valence-electron chi connectivity index (χ2n) is 9.12. The van der Waals surface area contributed by atoms with E-state index < -0.39 is 17.8 Å². The smallest absolute Gasteiger partial charge is 0.388 e. The van der Waals surface area contributed by atoms with Gasteiger partial charge in [-0.25, -0.2) is 9.97 Å². The summed E-state index contributed by atoms with van der Waals surface area (Å²) < 4.78 is 40.5. The Kier molecular flexibility index (Phi) is 5.93. The maximum absolute atomic E-state index is 13.5. The summed E-state index contributed by atoms with van der Waals surface area (Å²) in [7, 11) is 1.87. The van der Waals surface area contributed by atoms with Gasteiger partial charge in [-0.15, -0.1) is 0 Å². The third-order valence-corrected chi connectivity index (χ3v) is 7.02. The van der Waals surface area contributed by atoms with Gasteiger partial charge in [-0.05, 0) is 55.0 Å². The van der Waals surface area contributed by atoms with Gasteiger partial charge in [0.1, 0.15) is 12.1 Å². The van der Waals surface area contributed by atoms with Gasteiger partial charge in [0.15, 0.2) is 0 Å². The normalized spacial score (nSPS) is 18.2. The molecule has 178 valence electrons. The lowest BCUT2D eigenvalue weighted by molar-refractivity contribution is -0.137. The lowest BCUT2D eigenvalue weighted by atomic mass is 10.0. The molecule has 0 spiro atoms. The van der Waals surface area contributed by atoms with E-state index >= 15 is 0 Å². The first kappa shape index (κ1) is 22.7. The van der Waals surface area contributed by atoms with Gasteiger partial charge < -0.3 is 15.3 Å². The van der Waals surface area contributed by atoms with Crippen LogP contribution in [0, 0.1) is 0 Å². The molecule has 0 aliphatic heterocycles. The molecule has 1 atom stereocenters. The van der Waals surface area contributed by atoms with Crippen molar-refractivity contribution in [3.05, 3.63) is 65.5 Å². The fourth-order valence-corrected chi connectivity index (χ4v) is 5.17. The van der Waals surface area contributed by atoms with Gasteiger partial charge in [0.05, 0.1) is 17.4 Å². The summed E-state index contributed by atoms with van der Waals surface area (Å²) in [6.07, 6.45) is 2.10. The number of aromatic nitrogens is 2. The largest absolute Gasteiger partial charge is 0.416 e. The number of nitrogens with zero attached hydrogens (tertiary/aromatic N) is 3. The van der Waals surface area contributed by atoms with E-state index in [9.17, 15) is 18.3 Å². The maximum Gasteiger partial charge on any atom is 0.416 e. The molecule has 1 fully saturated rings. The van der Waals surface area contributed by atoms with Gasteiger partial charge in [0.25, 0.3) is 0 Å². The lowest BCUT2D eigenvalue weighted by Gasteiger charge is -2.29. The molecule has 0 radical (unpaired) electrons. The average molecular weight is 469 g/mol. The van der Waals surface area contributed by atoms with E-state index in [0.717, 1.165) is 55.0 Å². The number of rotatable bonds is 5. The molecule has 5 rings (SSSR count). The van der Waals surface area contributed by atoms with E-state index in [1.165, 1.54) is 18.5 Å². The third kappa shape index (κ3) is 4.34. The Labute approximate surface area is 196 Å². The minimum atomic E-state index is -4.42. The van der Waals surface area contributed by atoms with E-state index in [4.69, 9.17) is 0 Å². The summed E-state index contributed by atoms with van der Waals surface area (Å²) in [5.41, 5.74) is 3.90. The zero-order valence-corrected chi connectivity index (χ0v) is 18.9. The summed E-state index contributed by atoms with van der Waals surface area (Å²) >= 11 is 0. The van der Waals surface area contributed by atoms with E-state index in [1.54, 1.807) is 6.07 Å². The molecule has 2 aliphatic rings. The molecule has 1 unspecified atom stereocenters. The van der Waals surface area contributed by atoms with E-state index in [2.05, 4.69) is 15.3 Å². The monoisotopic (exact) mass is 468 g/mol. The van der Waals surface area contributed by atoms with Crippen LogP contribution in [-0.4, -0.2) is 28.2 Å². The van der Waals surface area contributed by atoms with Crippen molar-refractivity contribution in [1.82, 2.24) is 9.97 Å². The summed E-state index contributed by atoms with van der Waals surface area (Å²) in [4.78, 5) is 10.7. The quantitative estimate of drug-likeness (QED) is 0.463. The van der Waals surface area contributed by atoms with Crippen molar-refractivity contribution >= 4 is 17.2 Å². The second-order valence-corrected chi connectivity index (χ2v) is 9.12. The summed E-state index contributed by atoms with van der Waals surface area (Å²) in [6, 6.07) is 11.6. The van der Waals surface area contributed by atoms with Crippen LogP contribution in [0.3, 0.4) is 0 Å². The van der Waals surface area contributed by atoms with Crippen LogP contribution in [0.2, 0.25) is 0 Å². The van der Waals surface area contributed by atoms with Gasteiger partial charge in [-0.1, -0.05) is 31.0 Å². The first-order chi connectivity index (χ1) is 16.3. The number of benzene rings is 2. The standard InChI is InChI=1S/C26H27F3N4O/c1-33(17-5-2-3-6-17)23-13-16(26(27,28)29)9-10-20(23)22-14-25(31-15-30-22)32-21-8-4-7-19-18(21)11-12-24(19)34/h4,7-10,13-15,17,24,34H,2-3,5-6,11-12H2,1H3,(H,30,31,32). The van der Waals surface area contributed by atoms with Crippen molar-refractivity contribution in [2.45, 2.75) is 56.8 Å². The van der Waals surface area contributed by atoms with Crippen molar-refractivity contribution in [1.29, 1.82) is 0 Å². The molecular formula is C26H27F3N4O. The van der Waals surface area contributed by atoms with Gasteiger partial charge in [-0.2, -0.15) is 13.2 Å². The number of aliphatic hydroxyl groups excluding tert-OH is 1. The second kappa shape index (κ2) is 8.91. The number of hydrogen-bond acceptors (Lipinski definition) is 5. The van der Waals surface area contributed by atoms with Crippen LogP contribution in [0.15, 0.2) is 48.8 Å². The van der Waals surface area contributed by atoms with Gasteiger partial charge >= 0.3 is 6.18 Å². The number of nitrogens with one attached hydrogen (secondary N) is 1. The molecule has 0 bridgehead atoms. The van der Waals surface area contributed by atoms with Crippen LogP contribution >= 0.6 is 0 Å². The van der Waals surface area contributed by atoms with E-state index in [1.807, 2.05) is 30.1 Å². The Morgan fingerprint density at radius 1 is 1.03 bits per heavy atom. The molecule has 1 aromatic heterocycles. The molecule has 0 saturated heterocycles. The molecule has 1 saturated carbocycles. The van der Waals surface area contributed by atoms with E-state index in [-0.39, 0.29) is 6.04 Å². The molecule has 3 aromatic rings. The zero-order valence-electron chi connectivity index (χ0n) is 18.9. The first-order valence-corrected chi connectivity index (χ1v) is 11.6. The van der Waals surface area contributed by atoms with Gasteiger partial charge in [-0.3, -0.25) is 0 Å². The molecule has 2 aromatic carbocycles. The number of hydrogen-bond donors (Lipinski definition) is 2. The molecule has 34 heavy (non-hydrogen) atoms. The van der Waals surface area contributed by atoms with Crippen molar-refractivity contribution < 1.29 is 18.3 Å². The molecule has 2 N–H and O–H groups in total. The highest BCUT2D eigenvalue weighted by atomic mass is 19.4. The highest BCUT2D eigenvalue weighted by molar-refractivity contribution is 5.79. The minimum absolute atomic E-state index is 0.208. The third-order valence-electron chi connectivity index (χ3n) is 7.02. The summed E-state index contributed by atoms with van der Waals surface area (Å²) in [5, 5.41) is 13.5. The molecular weight excluding hydrogens is 441 g/mol. The fourth-order valence-electron chi connectivity index (χ4n) is 5.17. The van der Waals surface area contributed by atoms with Crippen molar-refractivity contribution in [2.75, 3.05) is 17.3 Å². The molecule has 1 heterocycles. The molecule has 8 heteroatoms. The molecule has 2 aliphatic carbocycles. The van der Waals surface area contributed by atoms with Crippen LogP contribution in [0.4, 0.5) is 30.4 Å². The number of alkyl halides is 3. The SMILES string of the molecule is CN(c1cc(C(F)(F)F)ccc1-c1cc(Nc2cccc3c2CCC3O)ncn1)C1CCCC1. The summed E-state index contributed by atoms with van der Waals surface area (Å²) in [5.74, 6) is 0.550. The Bertz CT molecular complexity index is 1190. The Balaban J connectivity index is 1.51. The zero-order chi connectivity index (χ0) is 23.9.